The van der Waals surface area contributed by atoms with E-state index in [2.05, 4.69) is 45.7 Å². The number of aryl methyl sites for hydroxylation is 1. The molecule has 1 fully saturated rings. The molecule has 3 rings (SSSR count). The molecule has 2 aromatic carbocycles. The number of anilines is 3. The highest BCUT2D eigenvalue weighted by Crippen LogP contribution is 2.23. The number of nitrogens with zero attached hydrogens (tertiary/aromatic N) is 2. The molecule has 1 N–H and O–H groups in total. The van der Waals surface area contributed by atoms with E-state index in [1.807, 2.05) is 31.2 Å². The Balaban J connectivity index is 1.57. The molecule has 146 valence electrons. The van der Waals surface area contributed by atoms with Crippen molar-refractivity contribution in [2.45, 2.75) is 26.7 Å². The summed E-state index contributed by atoms with van der Waals surface area (Å²) in [6, 6.07) is 16.3. The first-order chi connectivity index (χ1) is 13.0. The fourth-order valence-electron chi connectivity index (χ4n) is 3.35. The maximum atomic E-state index is 12.0. The lowest BCUT2D eigenvalue weighted by Gasteiger charge is -2.37. The molecular weight excluding hydrogens is 358 g/mol. The van der Waals surface area contributed by atoms with Crippen molar-refractivity contribution in [1.29, 1.82) is 0 Å². The molecule has 1 heterocycles. The van der Waals surface area contributed by atoms with Crippen molar-refractivity contribution >= 4 is 27.1 Å². The largest absolute Gasteiger partial charge is 0.368 e. The highest BCUT2D eigenvalue weighted by atomic mass is 32.2. The van der Waals surface area contributed by atoms with E-state index in [1.165, 1.54) is 11.3 Å². The molecule has 27 heavy (non-hydrogen) atoms. The summed E-state index contributed by atoms with van der Waals surface area (Å²) in [4.78, 5) is 4.77. The van der Waals surface area contributed by atoms with Crippen molar-refractivity contribution < 1.29 is 8.42 Å². The molecule has 6 heteroatoms. The van der Waals surface area contributed by atoms with E-state index in [0.717, 1.165) is 38.3 Å². The molecule has 0 unspecified atom stereocenters. The minimum atomic E-state index is -3.25. The van der Waals surface area contributed by atoms with Crippen molar-refractivity contribution in [3.63, 3.8) is 0 Å². The summed E-state index contributed by atoms with van der Waals surface area (Å²) in [5.41, 5.74) is 4.34. The number of benzene rings is 2. The van der Waals surface area contributed by atoms with Gasteiger partial charge in [0.2, 0.25) is 10.0 Å². The normalized spacial score (nSPS) is 15.0. The highest BCUT2D eigenvalue weighted by molar-refractivity contribution is 7.92. The second kappa shape index (κ2) is 8.65. The number of piperazine rings is 1. The summed E-state index contributed by atoms with van der Waals surface area (Å²) in [5.74, 6) is 0.173. The summed E-state index contributed by atoms with van der Waals surface area (Å²) in [6.07, 6.45) is 1.55. The number of unbranched alkanes of at least 4 members (excludes halogenated alkanes) is 1. The van der Waals surface area contributed by atoms with Gasteiger partial charge >= 0.3 is 0 Å². The van der Waals surface area contributed by atoms with Gasteiger partial charge in [-0.15, -0.1) is 0 Å². The summed E-state index contributed by atoms with van der Waals surface area (Å²) in [6.45, 7) is 7.98. The summed E-state index contributed by atoms with van der Waals surface area (Å²) in [7, 11) is -3.25. The van der Waals surface area contributed by atoms with E-state index in [-0.39, 0.29) is 5.75 Å². The van der Waals surface area contributed by atoms with E-state index in [0.29, 0.717) is 12.1 Å². The van der Waals surface area contributed by atoms with Gasteiger partial charge in [0.05, 0.1) is 5.75 Å². The molecule has 0 atom stereocenters. The first-order valence-electron chi connectivity index (χ1n) is 9.64. The van der Waals surface area contributed by atoms with Gasteiger partial charge in [-0.2, -0.15) is 0 Å². The highest BCUT2D eigenvalue weighted by Gasteiger charge is 2.18. The molecule has 0 bridgehead atoms. The monoisotopic (exact) mass is 387 g/mol. The van der Waals surface area contributed by atoms with E-state index >= 15 is 0 Å². The predicted octanol–water partition coefficient (Wildman–Crippen LogP) is 3.86. The first kappa shape index (κ1) is 19.5. The average Bonchev–Trinajstić information content (AvgIpc) is 2.67. The summed E-state index contributed by atoms with van der Waals surface area (Å²) in [5, 5.41) is 0. The minimum Gasteiger partial charge on any atom is -0.368 e. The van der Waals surface area contributed by atoms with Crippen LogP contribution in [0.5, 0.6) is 0 Å². The summed E-state index contributed by atoms with van der Waals surface area (Å²) >= 11 is 0. The quantitative estimate of drug-likeness (QED) is 0.784. The van der Waals surface area contributed by atoms with Crippen LogP contribution in [0, 0.1) is 6.92 Å². The zero-order valence-electron chi connectivity index (χ0n) is 16.2. The fourth-order valence-corrected chi connectivity index (χ4v) is 4.62. The lowest BCUT2D eigenvalue weighted by atomic mass is 10.2. The first-order valence-corrected chi connectivity index (χ1v) is 11.3. The van der Waals surface area contributed by atoms with Crippen LogP contribution in [-0.2, 0) is 10.0 Å². The lowest BCUT2D eigenvalue weighted by Crippen LogP contribution is -2.46. The third-order valence-electron chi connectivity index (χ3n) is 4.92. The average molecular weight is 388 g/mol. The Morgan fingerprint density at radius 3 is 2.15 bits per heavy atom. The molecule has 5 nitrogen and oxygen atoms in total. The SMILES string of the molecule is CCCCS(=O)(=O)Nc1ccc(N2CCN(c3cccc(C)c3)CC2)cc1. The van der Waals surface area contributed by atoms with Crippen LogP contribution in [0.2, 0.25) is 0 Å². The second-order valence-electron chi connectivity index (χ2n) is 7.13. The van der Waals surface area contributed by atoms with Crippen molar-refractivity contribution in [3.8, 4) is 0 Å². The van der Waals surface area contributed by atoms with Crippen molar-refractivity contribution in [2.75, 3.05) is 46.5 Å². The predicted molar refractivity (Wildman–Crippen MR) is 114 cm³/mol. The van der Waals surface area contributed by atoms with E-state index < -0.39 is 10.0 Å². The molecule has 0 spiro atoms. The van der Waals surface area contributed by atoms with Gasteiger partial charge in [0.15, 0.2) is 0 Å². The van der Waals surface area contributed by atoms with Crippen LogP contribution in [0.4, 0.5) is 17.1 Å². The van der Waals surface area contributed by atoms with Crippen molar-refractivity contribution in [2.24, 2.45) is 0 Å². The van der Waals surface area contributed by atoms with Crippen LogP contribution in [0.1, 0.15) is 25.3 Å². The maximum Gasteiger partial charge on any atom is 0.232 e. The Kier molecular flexibility index (Phi) is 6.26. The van der Waals surface area contributed by atoms with Gasteiger partial charge in [0.1, 0.15) is 0 Å². The number of hydrogen-bond donors (Lipinski definition) is 1. The van der Waals surface area contributed by atoms with Gasteiger partial charge in [-0.3, -0.25) is 4.72 Å². The number of rotatable bonds is 7. The van der Waals surface area contributed by atoms with E-state index in [4.69, 9.17) is 0 Å². The number of sulfonamides is 1. The van der Waals surface area contributed by atoms with Gasteiger partial charge in [0.25, 0.3) is 0 Å². The maximum absolute atomic E-state index is 12.0. The van der Waals surface area contributed by atoms with Crippen molar-refractivity contribution in [3.05, 3.63) is 54.1 Å². The molecule has 0 amide bonds. The lowest BCUT2D eigenvalue weighted by molar-refractivity contribution is 0.598. The molecule has 1 saturated heterocycles. The second-order valence-corrected chi connectivity index (χ2v) is 8.98. The van der Waals surface area contributed by atoms with Crippen LogP contribution in [0.15, 0.2) is 48.5 Å². The van der Waals surface area contributed by atoms with Gasteiger partial charge in [-0.25, -0.2) is 8.42 Å². The zero-order chi connectivity index (χ0) is 19.3. The van der Waals surface area contributed by atoms with E-state index in [1.54, 1.807) is 0 Å². The van der Waals surface area contributed by atoms with Gasteiger partial charge < -0.3 is 9.80 Å². The van der Waals surface area contributed by atoms with Gasteiger partial charge in [-0.05, 0) is 55.3 Å². The Bertz CT molecular complexity index is 842. The topological polar surface area (TPSA) is 52.7 Å². The van der Waals surface area contributed by atoms with Crippen LogP contribution in [0.3, 0.4) is 0 Å². The number of hydrogen-bond acceptors (Lipinski definition) is 4. The molecule has 0 radical (unpaired) electrons. The summed E-state index contributed by atoms with van der Waals surface area (Å²) < 4.78 is 26.7. The Hall–Kier alpha value is -2.21. The smallest absolute Gasteiger partial charge is 0.232 e. The number of nitrogens with one attached hydrogen (secondary N) is 1. The third-order valence-corrected chi connectivity index (χ3v) is 6.29. The molecule has 0 saturated carbocycles. The van der Waals surface area contributed by atoms with Crippen molar-refractivity contribution in [1.82, 2.24) is 0 Å². The van der Waals surface area contributed by atoms with Crippen LogP contribution in [-0.4, -0.2) is 40.3 Å². The van der Waals surface area contributed by atoms with Gasteiger partial charge in [0, 0.05) is 43.2 Å². The zero-order valence-corrected chi connectivity index (χ0v) is 17.0. The van der Waals surface area contributed by atoms with E-state index in [9.17, 15) is 8.42 Å². The molecule has 1 aliphatic heterocycles. The molecular formula is C21H29N3O2S. The standard InChI is InChI=1S/C21H29N3O2S/c1-3-4-16-27(25,26)22-19-8-10-20(11-9-19)23-12-14-24(15-13-23)21-7-5-6-18(2)17-21/h5-11,17,22H,3-4,12-16H2,1-2H3. The molecule has 1 aliphatic rings. The van der Waals surface area contributed by atoms with Gasteiger partial charge in [-0.1, -0.05) is 25.5 Å². The molecule has 0 aliphatic carbocycles. The van der Waals surface area contributed by atoms with Crippen LogP contribution in [0.25, 0.3) is 0 Å². The molecule has 2 aromatic rings. The Morgan fingerprint density at radius 2 is 1.56 bits per heavy atom. The Morgan fingerprint density at radius 1 is 0.926 bits per heavy atom. The minimum absolute atomic E-state index is 0.173. The molecule has 0 aromatic heterocycles. The third kappa shape index (κ3) is 5.39. The van der Waals surface area contributed by atoms with Crippen LogP contribution >= 0.6 is 0 Å². The Labute approximate surface area is 163 Å². The van der Waals surface area contributed by atoms with Crippen LogP contribution < -0.4 is 14.5 Å². The fraction of sp³-hybridized carbons (Fsp3) is 0.429.